The van der Waals surface area contributed by atoms with E-state index in [1.54, 1.807) is 30.7 Å². The fourth-order valence-corrected chi connectivity index (χ4v) is 2.66. The molecule has 0 bridgehead atoms. The summed E-state index contributed by atoms with van der Waals surface area (Å²) >= 11 is 0.860. The Morgan fingerprint density at radius 3 is 2.70 bits per heavy atom. The molecule has 1 N–H and O–H groups in total. The van der Waals surface area contributed by atoms with Gasteiger partial charge in [0.1, 0.15) is 5.75 Å². The van der Waals surface area contributed by atoms with Crippen LogP contribution in [0, 0.1) is 10.1 Å². The first kappa shape index (κ1) is 16.7. The number of benzene rings is 1. The van der Waals surface area contributed by atoms with Crippen LogP contribution in [0.4, 0.5) is 9.80 Å². The number of carbonyl (C=O) groups excluding carboxylic acids is 1. The molecule has 0 atom stereocenters. The largest absolute Gasteiger partial charge is 0.497 e. The van der Waals surface area contributed by atoms with Crippen LogP contribution in [0.5, 0.6) is 5.75 Å². The van der Waals surface area contributed by atoms with Gasteiger partial charge in [-0.3, -0.25) is 10.1 Å². The monoisotopic (exact) mass is 336 g/mol. The normalized spacial score (nSPS) is 11.3. The van der Waals surface area contributed by atoms with E-state index in [-0.39, 0.29) is 9.80 Å². The van der Waals surface area contributed by atoms with Crippen molar-refractivity contribution in [2.45, 2.75) is 13.5 Å². The number of rotatable bonds is 5. The zero-order valence-corrected chi connectivity index (χ0v) is 13.5. The molecule has 2 amide bonds. The van der Waals surface area contributed by atoms with Crippen molar-refractivity contribution < 1.29 is 14.5 Å². The molecule has 0 aliphatic heterocycles. The Balaban J connectivity index is 2.35. The Morgan fingerprint density at radius 1 is 1.43 bits per heavy atom. The van der Waals surface area contributed by atoms with Crippen molar-refractivity contribution in [2.75, 3.05) is 13.7 Å². The topological polar surface area (TPSA) is 98.8 Å². The van der Waals surface area contributed by atoms with Crippen LogP contribution in [0.3, 0.4) is 0 Å². The van der Waals surface area contributed by atoms with E-state index >= 15 is 0 Å². The number of hydrogen-bond donors (Lipinski definition) is 1. The van der Waals surface area contributed by atoms with Crippen molar-refractivity contribution in [3.05, 3.63) is 50.9 Å². The third-order valence-electron chi connectivity index (χ3n) is 2.92. The quantitative estimate of drug-likeness (QED) is 0.668. The Labute approximate surface area is 136 Å². The minimum atomic E-state index is -0.521. The first-order valence-corrected chi connectivity index (χ1v) is 7.65. The number of carbonyl (C=O) groups is 1. The Kier molecular flexibility index (Phi) is 5.47. The second-order valence-corrected chi connectivity index (χ2v) is 5.52. The lowest BCUT2D eigenvalue weighted by Crippen LogP contribution is -2.24. The van der Waals surface area contributed by atoms with Crippen molar-refractivity contribution in [3.8, 4) is 5.75 Å². The van der Waals surface area contributed by atoms with Crippen LogP contribution in [0.1, 0.15) is 12.5 Å². The third kappa shape index (κ3) is 4.39. The van der Waals surface area contributed by atoms with Gasteiger partial charge in [-0.2, -0.15) is 4.99 Å². The first-order valence-electron chi connectivity index (χ1n) is 6.83. The highest BCUT2D eigenvalue weighted by molar-refractivity contribution is 7.12. The lowest BCUT2D eigenvalue weighted by Gasteiger charge is -2.04. The molecule has 0 radical (unpaired) electrons. The maximum atomic E-state index is 11.6. The van der Waals surface area contributed by atoms with Crippen molar-refractivity contribution in [3.63, 3.8) is 0 Å². The van der Waals surface area contributed by atoms with Crippen LogP contribution in [0.15, 0.2) is 35.5 Å². The predicted octanol–water partition coefficient (Wildman–Crippen LogP) is 2.14. The number of urea groups is 1. The van der Waals surface area contributed by atoms with Crippen molar-refractivity contribution in [1.82, 2.24) is 9.88 Å². The van der Waals surface area contributed by atoms with Crippen LogP contribution in [-0.2, 0) is 6.54 Å². The Morgan fingerprint density at radius 2 is 2.13 bits per heavy atom. The van der Waals surface area contributed by atoms with Gasteiger partial charge in [0.15, 0.2) is 0 Å². The summed E-state index contributed by atoms with van der Waals surface area (Å²) in [5, 5.41) is 13.4. The maximum absolute atomic E-state index is 11.6. The molecular weight excluding hydrogens is 320 g/mol. The maximum Gasteiger partial charge on any atom is 0.343 e. The van der Waals surface area contributed by atoms with E-state index in [0.29, 0.717) is 13.1 Å². The molecule has 8 nitrogen and oxygen atoms in total. The van der Waals surface area contributed by atoms with Crippen molar-refractivity contribution in [1.29, 1.82) is 0 Å². The second kappa shape index (κ2) is 7.54. The molecule has 2 aromatic rings. The van der Waals surface area contributed by atoms with Gasteiger partial charge in [0.25, 0.3) is 0 Å². The molecule has 0 saturated carbocycles. The summed E-state index contributed by atoms with van der Waals surface area (Å²) in [6.45, 7) is 2.58. The second-order valence-electron chi connectivity index (χ2n) is 4.53. The number of ether oxygens (including phenoxy) is 1. The summed E-state index contributed by atoms with van der Waals surface area (Å²) in [6.07, 6.45) is 1.38. The molecule has 0 spiro atoms. The van der Waals surface area contributed by atoms with E-state index in [4.69, 9.17) is 4.74 Å². The van der Waals surface area contributed by atoms with Gasteiger partial charge >= 0.3 is 11.0 Å². The van der Waals surface area contributed by atoms with Crippen molar-refractivity contribution in [2.24, 2.45) is 4.99 Å². The summed E-state index contributed by atoms with van der Waals surface area (Å²) in [7, 11) is 1.58. The molecule has 0 aliphatic carbocycles. The molecule has 0 saturated heterocycles. The number of nitrogens with zero attached hydrogens (tertiary/aromatic N) is 3. The summed E-state index contributed by atoms with van der Waals surface area (Å²) in [5.41, 5.74) is 0.913. The van der Waals surface area contributed by atoms with Gasteiger partial charge < -0.3 is 14.6 Å². The zero-order valence-electron chi connectivity index (χ0n) is 12.7. The minimum Gasteiger partial charge on any atom is -0.497 e. The Hall–Kier alpha value is -2.68. The summed E-state index contributed by atoms with van der Waals surface area (Å²) in [4.78, 5) is 26.2. The van der Waals surface area contributed by atoms with E-state index < -0.39 is 11.0 Å². The summed E-state index contributed by atoms with van der Waals surface area (Å²) in [6, 6.07) is 6.79. The molecule has 9 heteroatoms. The van der Waals surface area contributed by atoms with Gasteiger partial charge in [0.05, 0.1) is 24.8 Å². The SMILES string of the molecule is CCNC(=O)N=c1sc([N+](=O)[O-])cn1Cc1ccc(OC)cc1. The minimum absolute atomic E-state index is 0.0680. The zero-order chi connectivity index (χ0) is 16.8. The van der Waals surface area contributed by atoms with Crippen LogP contribution in [-0.4, -0.2) is 29.2 Å². The molecular formula is C14H16N4O4S. The molecule has 2 rings (SSSR count). The lowest BCUT2D eigenvalue weighted by molar-refractivity contribution is -0.380. The highest BCUT2D eigenvalue weighted by atomic mass is 32.1. The fourth-order valence-electron chi connectivity index (χ4n) is 1.86. The smallest absolute Gasteiger partial charge is 0.343 e. The number of methoxy groups -OCH3 is 1. The third-order valence-corrected chi connectivity index (χ3v) is 3.90. The summed E-state index contributed by atoms with van der Waals surface area (Å²) in [5.74, 6) is 0.724. The Bertz CT molecular complexity index is 764. The van der Waals surface area contributed by atoms with E-state index in [1.807, 2.05) is 12.1 Å². The van der Waals surface area contributed by atoms with Crippen LogP contribution in [0.2, 0.25) is 0 Å². The van der Waals surface area contributed by atoms with Crippen LogP contribution >= 0.6 is 11.3 Å². The highest BCUT2D eigenvalue weighted by Crippen LogP contribution is 2.16. The number of thiazole rings is 1. The first-order chi connectivity index (χ1) is 11.0. The van der Waals surface area contributed by atoms with Crippen LogP contribution < -0.4 is 14.9 Å². The number of amides is 2. The summed E-state index contributed by atoms with van der Waals surface area (Å²) < 4.78 is 6.68. The van der Waals surface area contributed by atoms with E-state index in [9.17, 15) is 14.9 Å². The number of hydrogen-bond acceptors (Lipinski definition) is 5. The van der Waals surface area contributed by atoms with Gasteiger partial charge in [-0.25, -0.2) is 4.79 Å². The van der Waals surface area contributed by atoms with Gasteiger partial charge in [0, 0.05) is 6.54 Å². The van der Waals surface area contributed by atoms with Gasteiger partial charge in [-0.1, -0.05) is 12.1 Å². The fraction of sp³-hybridized carbons (Fsp3) is 0.286. The van der Waals surface area contributed by atoms with E-state index in [1.165, 1.54) is 6.20 Å². The number of aromatic nitrogens is 1. The molecule has 0 unspecified atom stereocenters. The predicted molar refractivity (Wildman–Crippen MR) is 85.7 cm³/mol. The van der Waals surface area contributed by atoms with Gasteiger partial charge in [0.2, 0.25) is 4.80 Å². The molecule has 0 fully saturated rings. The number of nitro groups is 1. The average Bonchev–Trinajstić information content (AvgIpc) is 2.91. The molecule has 0 aliphatic rings. The molecule has 1 aromatic carbocycles. The van der Waals surface area contributed by atoms with Gasteiger partial charge in [-0.05, 0) is 36.0 Å². The highest BCUT2D eigenvalue weighted by Gasteiger charge is 2.13. The molecule has 1 aromatic heterocycles. The van der Waals surface area contributed by atoms with E-state index in [0.717, 1.165) is 22.6 Å². The lowest BCUT2D eigenvalue weighted by atomic mass is 10.2. The molecule has 122 valence electrons. The number of nitrogens with one attached hydrogen (secondary N) is 1. The standard InChI is InChI=1S/C14H16N4O4S/c1-3-15-13(19)16-14-17(9-12(23-14)18(20)21)8-10-4-6-11(22-2)7-5-10/h4-7,9H,3,8H2,1-2H3,(H,15,19). The van der Waals surface area contributed by atoms with E-state index in [2.05, 4.69) is 10.3 Å². The van der Waals surface area contributed by atoms with Gasteiger partial charge in [-0.15, -0.1) is 0 Å². The average molecular weight is 336 g/mol. The molecule has 1 heterocycles. The van der Waals surface area contributed by atoms with Crippen LogP contribution in [0.25, 0.3) is 0 Å². The van der Waals surface area contributed by atoms with Crippen molar-refractivity contribution >= 4 is 22.4 Å². The molecule has 23 heavy (non-hydrogen) atoms.